The van der Waals surface area contributed by atoms with E-state index in [-0.39, 0.29) is 5.91 Å². The van der Waals surface area contributed by atoms with Gasteiger partial charge in [0.25, 0.3) is 0 Å². The molecule has 4 rings (SSSR count). The molecule has 1 fully saturated rings. The van der Waals surface area contributed by atoms with E-state index in [1.54, 1.807) is 7.11 Å². The van der Waals surface area contributed by atoms with E-state index in [2.05, 4.69) is 41.4 Å². The van der Waals surface area contributed by atoms with Gasteiger partial charge >= 0.3 is 0 Å². The van der Waals surface area contributed by atoms with Gasteiger partial charge in [-0.05, 0) is 37.0 Å². The summed E-state index contributed by atoms with van der Waals surface area (Å²) in [6.07, 6.45) is 2.44. The van der Waals surface area contributed by atoms with Gasteiger partial charge in [0.05, 0.1) is 0 Å². The SMILES string of the molecule is CO[C@@H](c1ccccc1)c1nnc(CCC(=O)N2CCC(Sc3ccccc3C)CC2)o1. The number of ether oxygens (including phenoxy) is 1. The van der Waals surface area contributed by atoms with Crippen LogP contribution in [0.15, 0.2) is 63.9 Å². The van der Waals surface area contributed by atoms with Crippen LogP contribution in [-0.4, -0.2) is 46.5 Å². The largest absolute Gasteiger partial charge is 0.422 e. The lowest BCUT2D eigenvalue weighted by molar-refractivity contribution is -0.132. The highest BCUT2D eigenvalue weighted by Gasteiger charge is 2.25. The quantitative estimate of drug-likeness (QED) is 0.489. The lowest BCUT2D eigenvalue weighted by Crippen LogP contribution is -2.39. The Morgan fingerprint density at radius 2 is 1.84 bits per heavy atom. The molecule has 7 heteroatoms. The summed E-state index contributed by atoms with van der Waals surface area (Å²) in [6.45, 7) is 3.76. The van der Waals surface area contributed by atoms with Crippen molar-refractivity contribution < 1.29 is 13.9 Å². The second-order valence-electron chi connectivity index (χ2n) is 8.02. The van der Waals surface area contributed by atoms with Gasteiger partial charge in [0.2, 0.25) is 17.7 Å². The molecule has 0 unspecified atom stereocenters. The monoisotopic (exact) mass is 451 g/mol. The van der Waals surface area contributed by atoms with E-state index in [4.69, 9.17) is 9.15 Å². The lowest BCUT2D eigenvalue weighted by atomic mass is 10.1. The Labute approximate surface area is 193 Å². The molecular formula is C25H29N3O3S. The van der Waals surface area contributed by atoms with Crippen LogP contribution >= 0.6 is 11.8 Å². The minimum Gasteiger partial charge on any atom is -0.422 e. The van der Waals surface area contributed by atoms with Gasteiger partial charge in [-0.3, -0.25) is 4.79 Å². The summed E-state index contributed by atoms with van der Waals surface area (Å²) in [5.41, 5.74) is 2.27. The van der Waals surface area contributed by atoms with E-state index in [1.807, 2.05) is 47.0 Å². The molecule has 0 radical (unpaired) electrons. The predicted octanol–water partition coefficient (Wildman–Crippen LogP) is 4.83. The van der Waals surface area contributed by atoms with Gasteiger partial charge < -0.3 is 14.1 Å². The van der Waals surface area contributed by atoms with Crippen LogP contribution in [0.3, 0.4) is 0 Å². The minimum atomic E-state index is -0.405. The summed E-state index contributed by atoms with van der Waals surface area (Å²) in [7, 11) is 1.62. The maximum atomic E-state index is 12.7. The molecule has 1 saturated heterocycles. The van der Waals surface area contributed by atoms with E-state index >= 15 is 0 Å². The smallest absolute Gasteiger partial charge is 0.249 e. The molecule has 3 aromatic rings. The summed E-state index contributed by atoms with van der Waals surface area (Å²) in [6, 6.07) is 18.3. The van der Waals surface area contributed by atoms with Crippen LogP contribution in [-0.2, 0) is 16.0 Å². The van der Waals surface area contributed by atoms with E-state index in [0.29, 0.717) is 29.9 Å². The molecule has 2 aromatic carbocycles. The van der Waals surface area contributed by atoms with Gasteiger partial charge in [-0.2, -0.15) is 0 Å². The van der Waals surface area contributed by atoms with E-state index < -0.39 is 6.10 Å². The Balaban J connectivity index is 1.25. The number of rotatable bonds is 8. The number of likely N-dealkylation sites (tertiary alicyclic amines) is 1. The van der Waals surface area contributed by atoms with Crippen molar-refractivity contribution in [3.8, 4) is 0 Å². The number of aryl methyl sites for hydroxylation is 2. The fraction of sp³-hybridized carbons (Fsp3) is 0.400. The molecule has 2 heterocycles. The summed E-state index contributed by atoms with van der Waals surface area (Å²) in [5.74, 6) is 1.03. The number of methoxy groups -OCH3 is 1. The second kappa shape index (κ2) is 10.8. The number of amides is 1. The third-order valence-corrected chi connectivity index (χ3v) is 7.30. The summed E-state index contributed by atoms with van der Waals surface area (Å²) < 4.78 is 11.3. The molecule has 1 amide bonds. The van der Waals surface area contributed by atoms with Crippen molar-refractivity contribution in [3.05, 3.63) is 77.5 Å². The van der Waals surface area contributed by atoms with Crippen molar-refractivity contribution in [3.63, 3.8) is 0 Å². The molecule has 1 aliphatic rings. The molecule has 0 saturated carbocycles. The van der Waals surface area contributed by atoms with Crippen molar-refractivity contribution >= 4 is 17.7 Å². The van der Waals surface area contributed by atoms with Crippen LogP contribution in [0.2, 0.25) is 0 Å². The van der Waals surface area contributed by atoms with Crippen molar-refractivity contribution in [2.24, 2.45) is 0 Å². The first-order valence-electron chi connectivity index (χ1n) is 11.0. The number of carbonyl (C=O) groups excluding carboxylic acids is 1. The van der Waals surface area contributed by atoms with Gasteiger partial charge in [0.15, 0.2) is 6.10 Å². The number of hydrogen-bond acceptors (Lipinski definition) is 6. The highest BCUT2D eigenvalue weighted by Crippen LogP contribution is 2.32. The van der Waals surface area contributed by atoms with Crippen molar-refractivity contribution in [2.75, 3.05) is 20.2 Å². The highest BCUT2D eigenvalue weighted by molar-refractivity contribution is 8.00. The van der Waals surface area contributed by atoms with Crippen molar-refractivity contribution in [1.29, 1.82) is 0 Å². The molecule has 0 bridgehead atoms. The fourth-order valence-electron chi connectivity index (χ4n) is 3.94. The van der Waals surface area contributed by atoms with Crippen LogP contribution in [0.5, 0.6) is 0 Å². The summed E-state index contributed by atoms with van der Waals surface area (Å²) >= 11 is 1.94. The topological polar surface area (TPSA) is 68.5 Å². The highest BCUT2D eigenvalue weighted by atomic mass is 32.2. The zero-order chi connectivity index (χ0) is 22.3. The number of benzene rings is 2. The normalized spacial score (nSPS) is 15.6. The molecule has 168 valence electrons. The van der Waals surface area contributed by atoms with Crippen molar-refractivity contribution in [1.82, 2.24) is 15.1 Å². The van der Waals surface area contributed by atoms with Crippen LogP contribution in [0.4, 0.5) is 0 Å². The molecule has 0 aliphatic carbocycles. The predicted molar refractivity (Wildman–Crippen MR) is 125 cm³/mol. The molecule has 0 spiro atoms. The molecule has 1 atom stereocenters. The maximum absolute atomic E-state index is 12.7. The number of carbonyl (C=O) groups is 1. The van der Waals surface area contributed by atoms with Crippen LogP contribution in [0, 0.1) is 6.92 Å². The lowest BCUT2D eigenvalue weighted by Gasteiger charge is -2.32. The average Bonchev–Trinajstić information content (AvgIpc) is 3.29. The molecule has 6 nitrogen and oxygen atoms in total. The van der Waals surface area contributed by atoms with Crippen LogP contribution in [0.1, 0.15) is 48.3 Å². The van der Waals surface area contributed by atoms with Gasteiger partial charge in [-0.25, -0.2) is 0 Å². The zero-order valence-corrected chi connectivity index (χ0v) is 19.4. The van der Waals surface area contributed by atoms with Gasteiger partial charge in [0, 0.05) is 43.2 Å². The van der Waals surface area contributed by atoms with Gasteiger partial charge in [-0.1, -0.05) is 48.5 Å². The number of hydrogen-bond donors (Lipinski definition) is 0. The Bertz CT molecular complexity index is 1020. The average molecular weight is 452 g/mol. The first kappa shape index (κ1) is 22.6. The molecule has 0 N–H and O–H groups in total. The zero-order valence-electron chi connectivity index (χ0n) is 18.6. The first-order chi connectivity index (χ1) is 15.6. The van der Waals surface area contributed by atoms with Crippen LogP contribution < -0.4 is 0 Å². The van der Waals surface area contributed by atoms with Gasteiger partial charge in [-0.15, -0.1) is 22.0 Å². The van der Waals surface area contributed by atoms with E-state index in [1.165, 1.54) is 10.5 Å². The Morgan fingerprint density at radius 3 is 2.56 bits per heavy atom. The molecule has 1 aliphatic heterocycles. The first-order valence-corrected chi connectivity index (χ1v) is 11.9. The third kappa shape index (κ3) is 5.58. The fourth-order valence-corrected chi connectivity index (χ4v) is 5.16. The number of piperidine rings is 1. The Hall–Kier alpha value is -2.64. The van der Waals surface area contributed by atoms with Crippen LogP contribution in [0.25, 0.3) is 0 Å². The minimum absolute atomic E-state index is 0.149. The summed E-state index contributed by atoms with van der Waals surface area (Å²) in [5, 5.41) is 8.82. The third-order valence-electron chi connectivity index (χ3n) is 5.78. The Kier molecular flexibility index (Phi) is 7.60. The Morgan fingerprint density at radius 1 is 1.12 bits per heavy atom. The summed E-state index contributed by atoms with van der Waals surface area (Å²) in [4.78, 5) is 16.0. The number of thioether (sulfide) groups is 1. The van der Waals surface area contributed by atoms with Crippen molar-refractivity contribution in [2.45, 2.75) is 48.9 Å². The van der Waals surface area contributed by atoms with Gasteiger partial charge in [0.1, 0.15) is 0 Å². The molecule has 1 aromatic heterocycles. The van der Waals surface area contributed by atoms with E-state index in [0.717, 1.165) is 31.5 Å². The number of nitrogens with zero attached hydrogens (tertiary/aromatic N) is 3. The molecular weight excluding hydrogens is 422 g/mol. The van der Waals surface area contributed by atoms with E-state index in [9.17, 15) is 4.79 Å². The molecule has 32 heavy (non-hydrogen) atoms. The standard InChI is InChI=1S/C25H29N3O3S/c1-18-8-6-7-11-21(18)32-20-14-16-28(17-15-20)23(29)13-12-22-26-27-25(31-22)24(30-2)19-9-4-3-5-10-19/h3-11,20,24H,12-17H2,1-2H3/t24-/m0/s1. The maximum Gasteiger partial charge on any atom is 0.249 e. The second-order valence-corrected chi connectivity index (χ2v) is 9.37. The number of aromatic nitrogens is 2.